The van der Waals surface area contributed by atoms with Gasteiger partial charge in [-0.1, -0.05) is 44.2 Å². The number of unbranched alkanes of at least 4 members (excludes halogenated alkanes) is 4. The van der Waals surface area contributed by atoms with Crippen molar-refractivity contribution in [2.24, 2.45) is 0 Å². The third-order valence-corrected chi connectivity index (χ3v) is 9.06. The number of alkyl carbamates (subject to hydrolysis) is 1. The van der Waals surface area contributed by atoms with Gasteiger partial charge in [-0.3, -0.25) is 28.2 Å². The molecule has 0 heterocycles. The van der Waals surface area contributed by atoms with E-state index >= 15 is 0 Å². The highest BCUT2D eigenvalue weighted by molar-refractivity contribution is 7.47. The maximum absolute atomic E-state index is 12.9. The smallest absolute Gasteiger partial charge is 0.472 e. The summed E-state index contributed by atoms with van der Waals surface area (Å²) < 4.78 is 49.4. The van der Waals surface area contributed by atoms with Crippen LogP contribution in [0.5, 0.6) is 5.75 Å². The Bertz CT molecular complexity index is 1860. The van der Waals surface area contributed by atoms with Crippen molar-refractivity contribution >= 4 is 43.5 Å². The molecule has 2 rings (SSSR count). The van der Waals surface area contributed by atoms with Crippen LogP contribution in [-0.4, -0.2) is 96.9 Å². The highest BCUT2D eigenvalue weighted by atomic mass is 31.2. The minimum atomic E-state index is -4.95. The number of carbonyl (C=O) groups is 6. The van der Waals surface area contributed by atoms with Gasteiger partial charge >= 0.3 is 31.8 Å². The van der Waals surface area contributed by atoms with Gasteiger partial charge in [0, 0.05) is 36.1 Å². The molecule has 0 radical (unpaired) electrons. The monoisotopic (exact) mass is 888 g/mol. The van der Waals surface area contributed by atoms with E-state index in [1.807, 2.05) is 6.92 Å². The van der Waals surface area contributed by atoms with E-state index in [2.05, 4.69) is 16.6 Å². The van der Waals surface area contributed by atoms with E-state index in [4.69, 9.17) is 39.2 Å². The summed E-state index contributed by atoms with van der Waals surface area (Å²) in [7, 11) is -4.95. The molecule has 2 amide bonds. The molecule has 0 saturated heterocycles. The van der Waals surface area contributed by atoms with Gasteiger partial charge in [0.25, 0.3) is 5.91 Å². The van der Waals surface area contributed by atoms with Crippen molar-refractivity contribution in [2.75, 3.05) is 33.0 Å². The predicted molar refractivity (Wildman–Crippen MR) is 227 cm³/mol. The summed E-state index contributed by atoms with van der Waals surface area (Å²) in [5.41, 5.74) is -0.647. The van der Waals surface area contributed by atoms with Crippen LogP contribution in [0.4, 0.5) is 4.79 Å². The summed E-state index contributed by atoms with van der Waals surface area (Å²) >= 11 is 0. The van der Waals surface area contributed by atoms with Crippen LogP contribution in [0.1, 0.15) is 126 Å². The number of terminal acetylenes is 1. The second-order valence-corrected chi connectivity index (χ2v) is 17.5. The summed E-state index contributed by atoms with van der Waals surface area (Å²) in [6.45, 7) is 9.94. The fourth-order valence-electron chi connectivity index (χ4n) is 5.16. The molecule has 3 atom stereocenters. The van der Waals surface area contributed by atoms with Crippen LogP contribution in [0.25, 0.3) is 0 Å². The Kier molecular flexibility index (Phi) is 22.4. The second-order valence-electron chi connectivity index (χ2n) is 16.0. The Balaban J connectivity index is 1.85. The zero-order valence-corrected chi connectivity index (χ0v) is 37.5. The molecule has 17 nitrogen and oxygen atoms in total. The number of benzene rings is 2. The van der Waals surface area contributed by atoms with Crippen LogP contribution in [-0.2, 0) is 46.9 Å². The number of hydrogen-bond donors (Lipinski definition) is 3. The molecule has 0 aliphatic heterocycles. The van der Waals surface area contributed by atoms with Crippen molar-refractivity contribution in [1.29, 1.82) is 0 Å². The standard InChI is InChI=1S/C44H61N2O15P/c1-9-11-13-17-38(48)59-35(29-57-62(53,54)58-30-36(41(51)60-43(3,4)5)46-42(52)61-44(6,7)8)28-56-37(47)16-14-12-15-26-45-40(50)33-20-18-31(19-21-33)39(49)32-22-24-34(25-23-32)55-27-10-2/h2,18-25,35-36H,9,11-17,26-30H2,1,3-8H3,(H,45,50)(H,46,52)(H,53,54)/t35-,36+/m1/s1. The lowest BCUT2D eigenvalue weighted by molar-refractivity contribution is -0.161. The first-order valence-corrected chi connectivity index (χ1v) is 21.9. The van der Waals surface area contributed by atoms with E-state index in [0.29, 0.717) is 54.7 Å². The van der Waals surface area contributed by atoms with Crippen LogP contribution in [0.3, 0.4) is 0 Å². The molecule has 0 saturated carbocycles. The summed E-state index contributed by atoms with van der Waals surface area (Å²) in [5.74, 6) is 0.150. The molecule has 0 spiro atoms. The van der Waals surface area contributed by atoms with Crippen molar-refractivity contribution in [3.8, 4) is 18.1 Å². The van der Waals surface area contributed by atoms with Gasteiger partial charge in [0.05, 0.1) is 13.2 Å². The lowest BCUT2D eigenvalue weighted by Crippen LogP contribution is -2.48. The number of rotatable bonds is 26. The van der Waals surface area contributed by atoms with Crippen molar-refractivity contribution < 1.29 is 71.0 Å². The fourth-order valence-corrected chi connectivity index (χ4v) is 5.92. The molecular formula is C44H61N2O15P. The zero-order valence-electron chi connectivity index (χ0n) is 36.7. The summed E-state index contributed by atoms with van der Waals surface area (Å²) in [5, 5.41) is 5.07. The molecule has 2 aromatic carbocycles. The molecule has 1 unspecified atom stereocenters. The van der Waals surface area contributed by atoms with E-state index in [1.54, 1.807) is 90.1 Å². The Morgan fingerprint density at radius 1 is 0.742 bits per heavy atom. The SMILES string of the molecule is C#CCOc1ccc(C(=O)c2ccc(C(=O)NCCCCCC(=O)OC[C@H](COP(=O)(O)OC[C@H](NC(=O)OC(C)(C)C)C(=O)OC(C)(C)C)OC(=O)CCCCC)cc2)cc1. The summed E-state index contributed by atoms with van der Waals surface area (Å²) in [6.07, 6.45) is 6.65. The predicted octanol–water partition coefficient (Wildman–Crippen LogP) is 6.62. The molecule has 62 heavy (non-hydrogen) atoms. The Morgan fingerprint density at radius 3 is 1.90 bits per heavy atom. The van der Waals surface area contributed by atoms with Crippen LogP contribution in [0.2, 0.25) is 0 Å². The second kappa shape index (κ2) is 26.3. The number of nitrogens with one attached hydrogen (secondary N) is 2. The van der Waals surface area contributed by atoms with E-state index < -0.39 is 75.0 Å². The van der Waals surface area contributed by atoms with Gasteiger partial charge < -0.3 is 39.2 Å². The lowest BCUT2D eigenvalue weighted by Gasteiger charge is -2.26. The molecule has 0 aliphatic carbocycles. The topological polar surface area (TPSA) is 228 Å². The average Bonchev–Trinajstić information content (AvgIpc) is 3.19. The molecule has 3 N–H and O–H groups in total. The van der Waals surface area contributed by atoms with Gasteiger partial charge in [-0.25, -0.2) is 14.2 Å². The number of ketones is 1. The van der Waals surface area contributed by atoms with Crippen LogP contribution >= 0.6 is 7.82 Å². The first-order chi connectivity index (χ1) is 29.1. The Hall–Kier alpha value is -5.27. The van der Waals surface area contributed by atoms with Crippen LogP contribution < -0.4 is 15.4 Å². The molecule has 0 aromatic heterocycles. The number of hydrogen-bond acceptors (Lipinski definition) is 14. The number of carbonyl (C=O) groups excluding carboxylic acids is 6. The number of esters is 3. The normalized spacial score (nSPS) is 13.3. The minimum absolute atomic E-state index is 0.000422. The first-order valence-electron chi connectivity index (χ1n) is 20.4. The highest BCUT2D eigenvalue weighted by Gasteiger charge is 2.33. The van der Waals surface area contributed by atoms with Gasteiger partial charge in [-0.05, 0) is 97.2 Å². The van der Waals surface area contributed by atoms with Gasteiger partial charge in [0.2, 0.25) is 0 Å². The quantitative estimate of drug-likeness (QED) is 0.0225. The number of phosphoric ester groups is 1. The Morgan fingerprint density at radius 2 is 1.31 bits per heavy atom. The van der Waals surface area contributed by atoms with Crippen molar-refractivity contribution in [3.05, 3.63) is 65.2 Å². The molecule has 0 aliphatic rings. The van der Waals surface area contributed by atoms with Gasteiger partial charge in [-0.2, -0.15) is 0 Å². The number of ether oxygens (including phenoxy) is 5. The van der Waals surface area contributed by atoms with Crippen LogP contribution in [0, 0.1) is 12.3 Å². The largest absolute Gasteiger partial charge is 0.481 e. The van der Waals surface area contributed by atoms with Crippen LogP contribution in [0.15, 0.2) is 48.5 Å². The molecule has 0 bridgehead atoms. The number of phosphoric acid groups is 1. The number of amides is 2. The van der Waals surface area contributed by atoms with Gasteiger partial charge in [0.1, 0.15) is 30.2 Å². The van der Waals surface area contributed by atoms with E-state index in [1.165, 1.54) is 0 Å². The third kappa shape index (κ3) is 22.5. The van der Waals surface area contributed by atoms with E-state index in [-0.39, 0.29) is 31.1 Å². The molecule has 2 aromatic rings. The van der Waals surface area contributed by atoms with Crippen molar-refractivity contribution in [3.63, 3.8) is 0 Å². The molecule has 18 heteroatoms. The Labute approximate surface area is 363 Å². The van der Waals surface area contributed by atoms with Gasteiger partial charge in [-0.15, -0.1) is 6.42 Å². The minimum Gasteiger partial charge on any atom is -0.481 e. The first kappa shape index (κ1) is 52.9. The molecular weight excluding hydrogens is 827 g/mol. The van der Waals surface area contributed by atoms with Crippen molar-refractivity contribution in [1.82, 2.24) is 10.6 Å². The summed E-state index contributed by atoms with van der Waals surface area (Å²) in [4.78, 5) is 86.2. The maximum atomic E-state index is 12.9. The molecule has 0 fully saturated rings. The van der Waals surface area contributed by atoms with Gasteiger partial charge in [0.15, 0.2) is 17.9 Å². The fraction of sp³-hybridized carbons (Fsp3) is 0.545. The zero-order chi connectivity index (χ0) is 46.3. The molecule has 342 valence electrons. The third-order valence-electron chi connectivity index (χ3n) is 8.11. The summed E-state index contributed by atoms with van der Waals surface area (Å²) in [6, 6.07) is 11.3. The lowest BCUT2D eigenvalue weighted by atomic mass is 10.0. The van der Waals surface area contributed by atoms with E-state index in [9.17, 15) is 38.2 Å². The average molecular weight is 889 g/mol. The van der Waals surface area contributed by atoms with E-state index in [0.717, 1.165) is 12.8 Å². The maximum Gasteiger partial charge on any atom is 0.472 e. The highest BCUT2D eigenvalue weighted by Crippen LogP contribution is 2.43. The van der Waals surface area contributed by atoms with Crippen molar-refractivity contribution in [2.45, 2.75) is 123 Å².